The number of likely N-dealkylation sites (N-methyl/N-ethyl adjacent to an activating group) is 1. The van der Waals surface area contributed by atoms with Gasteiger partial charge in [0.25, 0.3) is 0 Å². The second-order valence-electron chi connectivity index (χ2n) is 6.19. The predicted molar refractivity (Wildman–Crippen MR) is 80.4 cm³/mol. The molecule has 0 aliphatic heterocycles. The van der Waals surface area contributed by atoms with Gasteiger partial charge in [0.15, 0.2) is 0 Å². The van der Waals surface area contributed by atoms with Crippen LogP contribution in [0.15, 0.2) is 24.3 Å². The Morgan fingerprint density at radius 2 is 2.05 bits per heavy atom. The molecule has 1 aliphatic carbocycles. The van der Waals surface area contributed by atoms with Crippen LogP contribution in [-0.2, 0) is 11.2 Å². The molecule has 1 atom stereocenters. The fraction of sp³-hybridized carbons (Fsp3) is 0.647. The largest absolute Gasteiger partial charge is 0.376 e. The number of nitrogens with one attached hydrogen (secondary N) is 1. The predicted octanol–water partition coefficient (Wildman–Crippen LogP) is 3.71. The van der Waals surface area contributed by atoms with Crippen molar-refractivity contribution in [2.75, 3.05) is 14.2 Å². The molecule has 2 nitrogen and oxygen atoms in total. The van der Waals surface area contributed by atoms with Crippen LogP contribution in [0.2, 0.25) is 0 Å². The maximum Gasteiger partial charge on any atom is 0.0872 e. The Balaban J connectivity index is 2.23. The van der Waals surface area contributed by atoms with E-state index in [0.717, 1.165) is 19.3 Å². The van der Waals surface area contributed by atoms with Crippen molar-refractivity contribution >= 4 is 0 Å². The minimum Gasteiger partial charge on any atom is -0.376 e. The number of hydrogen-bond donors (Lipinski definition) is 1. The summed E-state index contributed by atoms with van der Waals surface area (Å²) in [6, 6.07) is 9.29. The van der Waals surface area contributed by atoms with Gasteiger partial charge in [-0.15, -0.1) is 0 Å². The molecule has 1 N–H and O–H groups in total. The zero-order valence-electron chi connectivity index (χ0n) is 12.7. The second-order valence-corrected chi connectivity index (χ2v) is 6.19. The van der Waals surface area contributed by atoms with Crippen LogP contribution in [0.3, 0.4) is 0 Å². The molecule has 0 bridgehead atoms. The average Bonchev–Trinajstić information content (AvgIpc) is 2.33. The molecular weight excluding hydrogens is 234 g/mol. The van der Waals surface area contributed by atoms with Crippen molar-refractivity contribution in [3.8, 4) is 0 Å². The number of ether oxygens (including phenoxy) is 1. The van der Waals surface area contributed by atoms with Crippen LogP contribution in [0.25, 0.3) is 0 Å². The summed E-state index contributed by atoms with van der Waals surface area (Å²) in [5.74, 6) is 0.698. The van der Waals surface area contributed by atoms with E-state index in [2.05, 4.69) is 43.4 Å². The smallest absolute Gasteiger partial charge is 0.0872 e. The summed E-state index contributed by atoms with van der Waals surface area (Å²) in [6.07, 6.45) is 4.73. The molecule has 0 aromatic heterocycles. The Labute approximate surface area is 117 Å². The lowest BCUT2D eigenvalue weighted by Crippen LogP contribution is -2.49. The van der Waals surface area contributed by atoms with E-state index in [1.54, 1.807) is 0 Å². The van der Waals surface area contributed by atoms with Gasteiger partial charge in [0, 0.05) is 7.11 Å². The first-order valence-corrected chi connectivity index (χ1v) is 7.42. The van der Waals surface area contributed by atoms with Gasteiger partial charge >= 0.3 is 0 Å². The maximum atomic E-state index is 5.84. The van der Waals surface area contributed by atoms with Crippen LogP contribution < -0.4 is 5.32 Å². The van der Waals surface area contributed by atoms with Crippen LogP contribution in [0.5, 0.6) is 0 Å². The SMILES string of the molecule is CNC(c1cccc(CC(C)C)c1)C1(OC)CCC1. The monoisotopic (exact) mass is 261 g/mol. The fourth-order valence-corrected chi connectivity index (χ4v) is 3.24. The van der Waals surface area contributed by atoms with Crippen molar-refractivity contribution < 1.29 is 4.74 Å². The quantitative estimate of drug-likeness (QED) is 0.843. The van der Waals surface area contributed by atoms with Gasteiger partial charge in [0.05, 0.1) is 11.6 Å². The molecule has 0 amide bonds. The fourth-order valence-electron chi connectivity index (χ4n) is 3.24. The lowest BCUT2D eigenvalue weighted by atomic mass is 9.72. The van der Waals surface area contributed by atoms with Crippen LogP contribution in [-0.4, -0.2) is 19.8 Å². The van der Waals surface area contributed by atoms with Gasteiger partial charge in [0.2, 0.25) is 0 Å². The van der Waals surface area contributed by atoms with E-state index < -0.39 is 0 Å². The molecule has 19 heavy (non-hydrogen) atoms. The molecule has 0 heterocycles. The standard InChI is InChI=1S/C17H27NO/c1-13(2)11-14-7-5-8-15(12-14)16(18-3)17(19-4)9-6-10-17/h5,7-8,12-13,16,18H,6,9-11H2,1-4H3. The zero-order chi connectivity index (χ0) is 13.9. The number of hydrogen-bond acceptors (Lipinski definition) is 2. The Kier molecular flexibility index (Phi) is 4.64. The van der Waals surface area contributed by atoms with Crippen LogP contribution in [0.4, 0.5) is 0 Å². The van der Waals surface area contributed by atoms with Gasteiger partial charge in [-0.2, -0.15) is 0 Å². The van der Waals surface area contributed by atoms with Crippen molar-refractivity contribution in [1.29, 1.82) is 0 Å². The van der Waals surface area contributed by atoms with Gasteiger partial charge in [-0.25, -0.2) is 0 Å². The van der Waals surface area contributed by atoms with Crippen LogP contribution in [0.1, 0.15) is 50.3 Å². The number of rotatable bonds is 6. The first-order valence-electron chi connectivity index (χ1n) is 7.42. The summed E-state index contributed by atoms with van der Waals surface area (Å²) >= 11 is 0. The first kappa shape index (κ1) is 14.5. The summed E-state index contributed by atoms with van der Waals surface area (Å²) in [7, 11) is 3.89. The molecule has 0 spiro atoms. The maximum absolute atomic E-state index is 5.84. The van der Waals surface area contributed by atoms with Crippen molar-refractivity contribution in [2.45, 2.75) is 51.2 Å². The van der Waals surface area contributed by atoms with Crippen LogP contribution >= 0.6 is 0 Å². The third-order valence-corrected chi connectivity index (χ3v) is 4.35. The Morgan fingerprint density at radius 3 is 2.53 bits per heavy atom. The molecule has 1 saturated carbocycles. The lowest BCUT2D eigenvalue weighted by Gasteiger charge is -2.46. The van der Waals surface area contributed by atoms with Gasteiger partial charge in [0.1, 0.15) is 0 Å². The Hall–Kier alpha value is -0.860. The summed E-state index contributed by atoms with van der Waals surface area (Å²) in [6.45, 7) is 4.54. The van der Waals surface area contributed by atoms with E-state index in [4.69, 9.17) is 4.74 Å². The molecule has 1 aromatic rings. The molecule has 1 unspecified atom stereocenters. The van der Waals surface area contributed by atoms with Crippen molar-refractivity contribution in [3.05, 3.63) is 35.4 Å². The highest BCUT2D eigenvalue weighted by atomic mass is 16.5. The topological polar surface area (TPSA) is 21.3 Å². The zero-order valence-corrected chi connectivity index (χ0v) is 12.7. The Bertz CT molecular complexity index is 404. The van der Waals surface area contributed by atoms with E-state index in [1.807, 2.05) is 14.2 Å². The van der Waals surface area contributed by atoms with Crippen molar-refractivity contribution in [2.24, 2.45) is 5.92 Å². The Morgan fingerprint density at radius 1 is 1.32 bits per heavy atom. The lowest BCUT2D eigenvalue weighted by molar-refractivity contribution is -0.0983. The molecule has 1 aliphatic rings. The molecule has 0 saturated heterocycles. The molecule has 2 rings (SSSR count). The normalized spacial score (nSPS) is 19.2. The highest BCUT2D eigenvalue weighted by molar-refractivity contribution is 5.29. The number of benzene rings is 1. The molecule has 1 aromatic carbocycles. The summed E-state index contributed by atoms with van der Waals surface area (Å²) in [4.78, 5) is 0. The van der Waals surface area contributed by atoms with Gasteiger partial charge in [-0.1, -0.05) is 38.1 Å². The van der Waals surface area contributed by atoms with Gasteiger partial charge < -0.3 is 10.1 Å². The van der Waals surface area contributed by atoms with Gasteiger partial charge in [-0.3, -0.25) is 0 Å². The van der Waals surface area contributed by atoms with Crippen LogP contribution in [0, 0.1) is 5.92 Å². The third kappa shape index (κ3) is 3.01. The van der Waals surface area contributed by atoms with E-state index in [0.29, 0.717) is 12.0 Å². The third-order valence-electron chi connectivity index (χ3n) is 4.35. The molecule has 2 heteroatoms. The number of methoxy groups -OCH3 is 1. The van der Waals surface area contributed by atoms with E-state index in [-0.39, 0.29) is 5.60 Å². The summed E-state index contributed by atoms with van der Waals surface area (Å²) in [5.41, 5.74) is 2.80. The van der Waals surface area contributed by atoms with Gasteiger partial charge in [-0.05, 0) is 49.8 Å². The molecule has 1 fully saturated rings. The molecule has 106 valence electrons. The van der Waals surface area contributed by atoms with Crippen molar-refractivity contribution in [3.63, 3.8) is 0 Å². The minimum atomic E-state index is 0.00516. The molecular formula is C17H27NO. The van der Waals surface area contributed by atoms with E-state index in [1.165, 1.54) is 17.5 Å². The highest BCUT2D eigenvalue weighted by Crippen LogP contribution is 2.44. The minimum absolute atomic E-state index is 0.00516. The summed E-state index contributed by atoms with van der Waals surface area (Å²) < 4.78 is 5.84. The van der Waals surface area contributed by atoms with Crippen molar-refractivity contribution in [1.82, 2.24) is 5.32 Å². The van der Waals surface area contributed by atoms with E-state index in [9.17, 15) is 0 Å². The summed E-state index contributed by atoms with van der Waals surface area (Å²) in [5, 5.41) is 3.47. The highest BCUT2D eigenvalue weighted by Gasteiger charge is 2.44. The van der Waals surface area contributed by atoms with E-state index >= 15 is 0 Å². The second kappa shape index (κ2) is 6.06. The molecule has 0 radical (unpaired) electrons. The average molecular weight is 261 g/mol. The first-order chi connectivity index (χ1) is 9.11.